The highest BCUT2D eigenvalue weighted by Gasteiger charge is 2.35. The number of nitrogen functional groups attached to an aromatic ring is 4. The highest BCUT2D eigenvalue weighted by molar-refractivity contribution is 5.97. The second-order valence-corrected chi connectivity index (χ2v) is 38.0. The number of nitrogens with one attached hydrogen (secondary N) is 8. The zero-order valence-electron chi connectivity index (χ0n) is 77.5. The third-order valence-corrected chi connectivity index (χ3v) is 29.1. The first-order chi connectivity index (χ1) is 68.2. The first-order valence-corrected chi connectivity index (χ1v) is 48.8. The van der Waals surface area contributed by atoms with Gasteiger partial charge in [-0.1, -0.05) is 128 Å². The van der Waals surface area contributed by atoms with E-state index in [0.29, 0.717) is 101 Å². The Balaban J connectivity index is 0.000000110. The van der Waals surface area contributed by atoms with Gasteiger partial charge in [-0.2, -0.15) is 0 Å². The van der Waals surface area contributed by atoms with Gasteiger partial charge < -0.3 is 73.3 Å². The maximum atomic E-state index is 12.4. The minimum atomic E-state index is -0.365. The van der Waals surface area contributed by atoms with E-state index < -0.39 is 0 Å². The summed E-state index contributed by atoms with van der Waals surface area (Å²) in [7, 11) is 0. The summed E-state index contributed by atoms with van der Waals surface area (Å²) in [4.78, 5) is 101. The Morgan fingerprint density at radius 1 is 0.353 bits per heavy atom. The lowest BCUT2D eigenvalue weighted by Gasteiger charge is -2.29. The summed E-state index contributed by atoms with van der Waals surface area (Å²) in [6, 6.07) is 62.1. The fraction of sp³-hybridized carbons (Fsp3) is 0.303. The van der Waals surface area contributed by atoms with Crippen molar-refractivity contribution in [2.45, 2.75) is 152 Å². The van der Waals surface area contributed by atoms with E-state index in [-0.39, 0.29) is 36.3 Å². The van der Waals surface area contributed by atoms with E-state index in [1.54, 1.807) is 30.9 Å². The Kier molecular flexibility index (Phi) is 25.9. The lowest BCUT2D eigenvalue weighted by molar-refractivity contribution is -0.127. The monoisotopic (exact) mass is 1850 g/mol. The minimum absolute atomic E-state index is 0.00192. The van der Waals surface area contributed by atoms with Crippen LogP contribution >= 0.6 is 0 Å². The topological polar surface area (TPSA) is 427 Å². The number of para-hydroxylation sites is 4. The molecule has 0 spiro atoms. The number of nitrogens with two attached hydrogens (primary N) is 4. The van der Waals surface area contributed by atoms with Gasteiger partial charge in [-0.25, -0.2) is 44.7 Å². The van der Waals surface area contributed by atoms with Crippen molar-refractivity contribution in [2.24, 2.45) is 29.6 Å². The number of rotatable bonds is 21. The number of carbonyl (C=O) groups excluding carboxylic acids is 4. The highest BCUT2D eigenvalue weighted by Crippen LogP contribution is 2.45. The first-order valence-electron chi connectivity index (χ1n) is 48.8. The molecule has 13 aromatic heterocycles. The molecule has 0 aliphatic heterocycles. The fourth-order valence-corrected chi connectivity index (χ4v) is 21.3. The van der Waals surface area contributed by atoms with Crippen LogP contribution in [0.3, 0.4) is 0 Å². The smallest absolute Gasteiger partial charge is 0.407 e. The second-order valence-electron chi connectivity index (χ2n) is 38.0. The number of amides is 4. The van der Waals surface area contributed by atoms with Gasteiger partial charge in [0, 0.05) is 155 Å². The second kappa shape index (κ2) is 40.2. The molecule has 706 valence electrons. The zero-order valence-corrected chi connectivity index (χ0v) is 77.5. The number of benzene rings is 6. The molecule has 5 aliphatic carbocycles. The third-order valence-electron chi connectivity index (χ3n) is 29.1. The molecule has 0 radical (unpaired) electrons. The zero-order chi connectivity index (χ0) is 94.4. The predicted octanol–water partition coefficient (Wildman–Crippen LogP) is 20.2. The summed E-state index contributed by atoms with van der Waals surface area (Å²) in [5.41, 5.74) is 42.5. The van der Waals surface area contributed by atoms with Crippen molar-refractivity contribution in [3.63, 3.8) is 0 Å². The Morgan fingerprint density at radius 3 is 0.978 bits per heavy atom. The van der Waals surface area contributed by atoms with E-state index in [9.17, 15) is 19.2 Å². The molecular weight excluding hydrogens is 1740 g/mol. The van der Waals surface area contributed by atoms with Crippen molar-refractivity contribution in [3.05, 3.63) is 290 Å². The highest BCUT2D eigenvalue weighted by atomic mass is 16.5. The summed E-state index contributed by atoms with van der Waals surface area (Å²) >= 11 is 0. The predicted molar refractivity (Wildman–Crippen MR) is 542 cm³/mol. The quantitative estimate of drug-likeness (QED) is 0.0318. The molecule has 0 unspecified atom stereocenters. The maximum Gasteiger partial charge on any atom is 0.407 e. The molecule has 13 heterocycles. The van der Waals surface area contributed by atoms with Gasteiger partial charge in [0.1, 0.15) is 104 Å². The Hall–Kier alpha value is -15.9. The molecule has 30 nitrogen and oxygen atoms in total. The molecule has 30 heteroatoms. The van der Waals surface area contributed by atoms with Crippen molar-refractivity contribution >= 4 is 113 Å². The number of furan rings is 1. The molecule has 24 rings (SSSR count). The van der Waals surface area contributed by atoms with Gasteiger partial charge in [0.15, 0.2) is 0 Å². The summed E-state index contributed by atoms with van der Waals surface area (Å²) in [5, 5.41) is 16.9. The number of hydrogen-bond donors (Lipinski definition) is 12. The van der Waals surface area contributed by atoms with Gasteiger partial charge in [-0.05, 0) is 212 Å². The van der Waals surface area contributed by atoms with Gasteiger partial charge in [0.05, 0.1) is 34.6 Å². The Bertz CT molecular complexity index is 7440. The summed E-state index contributed by atoms with van der Waals surface area (Å²) in [6.07, 6.45) is 37.4. The largest absolute Gasteiger partial charge is 0.472 e. The third kappa shape index (κ3) is 19.3. The summed E-state index contributed by atoms with van der Waals surface area (Å²) < 4.78 is 18.8. The van der Waals surface area contributed by atoms with Gasteiger partial charge in [0.2, 0.25) is 5.91 Å². The van der Waals surface area contributed by atoms with Crippen LogP contribution in [0.15, 0.2) is 255 Å². The van der Waals surface area contributed by atoms with Crippen LogP contribution in [-0.2, 0) is 16.1 Å². The van der Waals surface area contributed by atoms with E-state index >= 15 is 0 Å². The average molecular weight is 1860 g/mol. The van der Waals surface area contributed by atoms with Crippen LogP contribution in [0.5, 0.6) is 0 Å². The van der Waals surface area contributed by atoms with Crippen LogP contribution < -0.4 is 44.2 Å². The van der Waals surface area contributed by atoms with Gasteiger partial charge in [-0.15, -0.1) is 0 Å². The molecular formula is C109H114N24O6. The standard InChI is InChI=1S/C29H30N6O2.C28H28N6O.C26H26N6O2.C26H30N6O/c30-27-26-25(24-16-22-8-4-5-9-23(22)33-24)34-28(35(26)15-14-31-27)21-12-10-19(11-13-21)17-32-29(36)37-18-20-6-2-1-3-7-20;29-26-25-24(23-16-21-8-4-5-9-22(21)32-23)33-27(34(25)15-14-30-26)19-12-10-18(11-13-19)17-31-28(35)20-6-2-1-3-7-20;27-24-23-22(21-13-18-3-1-2-4-20(18)30-21)31-25(32(23)11-10-28-24)17-7-5-16(6-8-17)14-29-26(33)19-9-12-34-15-19;27-24-23-22(21-14-19-4-1-2-7-20(19)30-21)31-25(32(23)13-12-28-24)17-10-8-16(9-11-17)15-29-26(33)18-5-3-6-18/h1-9,14-16,19,21,33H,10-13,17-18H2,(H2,30,31)(H,32,36);1-9,14-16,18-19,32H,10-13,17H2,(H2,29,30)(H,31,35);1-4,9-13,15-17,30H,5-8,14H2,(H2,27,28)(H,29,33);1-2,4,7,12-14,16-18,30H,3,5-6,8-11,15H2,(H2,27,28)(H,29,33). The number of imidazole rings is 4. The molecule has 139 heavy (non-hydrogen) atoms. The number of carbonyl (C=O) groups is 4. The van der Waals surface area contributed by atoms with E-state index in [0.717, 1.165) is 262 Å². The molecule has 0 atom stereocenters. The lowest BCUT2D eigenvalue weighted by atomic mass is 9.81. The SMILES string of the molecule is Nc1nccn2c(C3CCC(CNC(=O)C4CCC4)CC3)nc(-c3cc4ccccc4[nH]3)c12.Nc1nccn2c(C3CCC(CNC(=O)OCc4ccccc4)CC3)nc(-c3cc4ccccc4[nH]3)c12.Nc1nccn2c(C3CCC(CNC(=O)c4ccccc4)CC3)nc(-c3cc4ccccc4[nH]3)c12.Nc1nccn2c(C3CCC(CNC(=O)c4ccoc4)CC3)nc(-c3cc4ccccc4[nH]3)c12. The van der Waals surface area contributed by atoms with Gasteiger partial charge in [0.25, 0.3) is 11.8 Å². The van der Waals surface area contributed by atoms with Gasteiger partial charge >= 0.3 is 6.09 Å². The van der Waals surface area contributed by atoms with Crippen LogP contribution in [0, 0.1) is 29.6 Å². The number of ether oxygens (including phenoxy) is 1. The summed E-state index contributed by atoms with van der Waals surface area (Å²) in [5.74, 6) is 9.77. The van der Waals surface area contributed by atoms with E-state index in [1.807, 2.05) is 134 Å². The number of nitrogens with zero attached hydrogens (tertiary/aromatic N) is 12. The van der Waals surface area contributed by atoms with Crippen molar-refractivity contribution in [3.8, 4) is 45.6 Å². The van der Waals surface area contributed by atoms with E-state index in [2.05, 4.69) is 152 Å². The number of aromatic nitrogens is 16. The number of H-pyrrole nitrogens is 4. The summed E-state index contributed by atoms with van der Waals surface area (Å²) in [6.45, 7) is 3.10. The normalized spacial score (nSPS) is 18.9. The molecule has 19 aromatic rings. The molecule has 4 amide bonds. The maximum absolute atomic E-state index is 12.4. The van der Waals surface area contributed by atoms with Crippen molar-refractivity contribution < 1.29 is 28.3 Å². The number of alkyl carbamates (subject to hydrolysis) is 1. The first kappa shape index (κ1) is 89.6. The van der Waals surface area contributed by atoms with Crippen LogP contribution in [-0.4, -0.2) is 127 Å². The van der Waals surface area contributed by atoms with Crippen molar-refractivity contribution in [1.29, 1.82) is 0 Å². The molecule has 0 bridgehead atoms. The van der Waals surface area contributed by atoms with Crippen LogP contribution in [0.2, 0.25) is 0 Å². The van der Waals surface area contributed by atoms with Crippen LogP contribution in [0.4, 0.5) is 28.1 Å². The number of aromatic amines is 4. The molecule has 16 N–H and O–H groups in total. The van der Waals surface area contributed by atoms with Gasteiger partial charge in [-0.3, -0.25) is 32.0 Å². The fourth-order valence-electron chi connectivity index (χ4n) is 21.3. The van der Waals surface area contributed by atoms with Crippen LogP contribution in [0.1, 0.15) is 195 Å². The lowest BCUT2D eigenvalue weighted by Crippen LogP contribution is -2.37. The van der Waals surface area contributed by atoms with Crippen molar-refractivity contribution in [1.82, 2.24) is 98.7 Å². The Morgan fingerprint density at radius 2 is 0.662 bits per heavy atom. The van der Waals surface area contributed by atoms with E-state index in [1.165, 1.54) is 18.9 Å². The molecule has 5 aliphatic rings. The average Bonchev–Trinajstić information content (AvgIpc) is 1.61. The molecule has 5 saturated carbocycles. The number of anilines is 4. The number of fused-ring (bicyclic) bond motifs is 8. The number of hydrogen-bond acceptors (Lipinski definition) is 18. The molecule has 6 aromatic carbocycles. The van der Waals surface area contributed by atoms with E-state index in [4.69, 9.17) is 52.0 Å². The van der Waals surface area contributed by atoms with Crippen molar-refractivity contribution in [2.75, 3.05) is 49.1 Å². The molecule has 5 fully saturated rings. The minimum Gasteiger partial charge on any atom is -0.472 e. The molecule has 0 saturated heterocycles. The van der Waals surface area contributed by atoms with Crippen LogP contribution in [0.25, 0.3) is 111 Å². The Labute approximate surface area is 801 Å².